The first-order valence-corrected chi connectivity index (χ1v) is 11.3. The van der Waals surface area contributed by atoms with E-state index in [2.05, 4.69) is 50.1 Å². The number of halogens is 1. The Hall–Kier alpha value is -2.70. The van der Waals surface area contributed by atoms with Crippen LogP contribution in [0.2, 0.25) is 0 Å². The van der Waals surface area contributed by atoms with Crippen LogP contribution in [0.25, 0.3) is 5.69 Å². The maximum atomic E-state index is 14.0. The summed E-state index contributed by atoms with van der Waals surface area (Å²) in [5, 5.41) is 4.35. The smallest absolute Gasteiger partial charge is 0.123 e. The fourth-order valence-electron chi connectivity index (χ4n) is 5.01. The van der Waals surface area contributed by atoms with Crippen molar-refractivity contribution in [2.45, 2.75) is 25.4 Å². The maximum absolute atomic E-state index is 14.0. The molecule has 0 amide bonds. The van der Waals surface area contributed by atoms with E-state index in [4.69, 9.17) is 0 Å². The van der Waals surface area contributed by atoms with E-state index in [1.807, 2.05) is 23.0 Å². The molecule has 0 radical (unpaired) electrons. The number of nitrogens with zero attached hydrogens (tertiary/aromatic N) is 5. The standard InChI is InChI=1S/C25H30FN5/c26-22-9-10-25(31-13-5-11-27-31)21(18-22)19-28-12-4-8-24(20-28)30-16-14-29(15-17-30)23-6-2-1-3-7-23/h1-3,5-7,9-11,13,18,24H,4,8,12,14-17,19-20H2. The highest BCUT2D eigenvalue weighted by Gasteiger charge is 2.28. The van der Waals surface area contributed by atoms with Crippen LogP contribution in [0, 0.1) is 5.82 Å². The maximum Gasteiger partial charge on any atom is 0.123 e. The van der Waals surface area contributed by atoms with Crippen LogP contribution in [0.15, 0.2) is 67.0 Å². The first kappa shape index (κ1) is 20.2. The van der Waals surface area contributed by atoms with E-state index in [-0.39, 0.29) is 5.82 Å². The van der Waals surface area contributed by atoms with Crippen LogP contribution in [-0.2, 0) is 6.54 Å². The minimum Gasteiger partial charge on any atom is -0.369 e. The predicted molar refractivity (Wildman–Crippen MR) is 122 cm³/mol. The van der Waals surface area contributed by atoms with Gasteiger partial charge in [-0.2, -0.15) is 5.10 Å². The number of rotatable bonds is 5. The number of piperidine rings is 1. The topological polar surface area (TPSA) is 27.5 Å². The minimum absolute atomic E-state index is 0.184. The molecule has 2 fully saturated rings. The molecule has 1 unspecified atom stereocenters. The summed E-state index contributed by atoms with van der Waals surface area (Å²) in [4.78, 5) is 7.63. The number of likely N-dealkylation sites (tertiary alicyclic amines) is 1. The lowest BCUT2D eigenvalue weighted by Gasteiger charge is -2.44. The highest BCUT2D eigenvalue weighted by molar-refractivity contribution is 5.46. The summed E-state index contributed by atoms with van der Waals surface area (Å²) in [7, 11) is 0. The van der Waals surface area contributed by atoms with Gasteiger partial charge in [-0.1, -0.05) is 18.2 Å². The Balaban J connectivity index is 1.22. The molecule has 0 bridgehead atoms. The molecule has 5 rings (SSSR count). The Labute approximate surface area is 183 Å². The number of para-hydroxylation sites is 1. The fraction of sp³-hybridized carbons (Fsp3) is 0.400. The predicted octanol–water partition coefficient (Wildman–Crippen LogP) is 3.80. The monoisotopic (exact) mass is 419 g/mol. The molecule has 2 aliphatic rings. The first-order chi connectivity index (χ1) is 15.3. The lowest BCUT2D eigenvalue weighted by Crippen LogP contribution is -2.55. The Morgan fingerprint density at radius 2 is 1.77 bits per heavy atom. The Bertz CT molecular complexity index is 967. The molecular weight excluding hydrogens is 389 g/mol. The van der Waals surface area contributed by atoms with E-state index >= 15 is 0 Å². The van der Waals surface area contributed by atoms with E-state index in [1.165, 1.54) is 24.6 Å². The van der Waals surface area contributed by atoms with Crippen molar-refractivity contribution >= 4 is 5.69 Å². The summed E-state index contributed by atoms with van der Waals surface area (Å²) in [5.41, 5.74) is 3.29. The van der Waals surface area contributed by atoms with Crippen molar-refractivity contribution in [1.82, 2.24) is 19.6 Å². The van der Waals surface area contributed by atoms with Crippen molar-refractivity contribution in [1.29, 1.82) is 0 Å². The quantitative estimate of drug-likeness (QED) is 0.629. The van der Waals surface area contributed by atoms with Crippen LogP contribution in [0.4, 0.5) is 10.1 Å². The van der Waals surface area contributed by atoms with Gasteiger partial charge in [0.15, 0.2) is 0 Å². The van der Waals surface area contributed by atoms with Crippen LogP contribution >= 0.6 is 0 Å². The zero-order chi connectivity index (χ0) is 21.0. The van der Waals surface area contributed by atoms with Gasteiger partial charge in [0.05, 0.1) is 5.69 Å². The van der Waals surface area contributed by atoms with Crippen molar-refractivity contribution in [3.8, 4) is 5.69 Å². The lowest BCUT2D eigenvalue weighted by atomic mass is 10.0. The number of piperazine rings is 1. The van der Waals surface area contributed by atoms with Crippen LogP contribution in [0.1, 0.15) is 18.4 Å². The second kappa shape index (κ2) is 9.20. The summed E-state index contributed by atoms with van der Waals surface area (Å²) < 4.78 is 15.9. The van der Waals surface area contributed by atoms with E-state index in [0.29, 0.717) is 6.04 Å². The van der Waals surface area contributed by atoms with E-state index in [9.17, 15) is 4.39 Å². The van der Waals surface area contributed by atoms with Gasteiger partial charge in [0.25, 0.3) is 0 Å². The Morgan fingerprint density at radius 3 is 2.55 bits per heavy atom. The molecule has 6 heteroatoms. The average Bonchev–Trinajstić information content (AvgIpc) is 3.35. The fourth-order valence-corrected chi connectivity index (χ4v) is 5.01. The summed E-state index contributed by atoms with van der Waals surface area (Å²) in [6.07, 6.45) is 6.12. The van der Waals surface area contributed by atoms with Gasteiger partial charge in [-0.3, -0.25) is 9.80 Å². The van der Waals surface area contributed by atoms with Crippen molar-refractivity contribution in [3.63, 3.8) is 0 Å². The number of benzene rings is 2. The van der Waals surface area contributed by atoms with Crippen LogP contribution in [-0.4, -0.2) is 64.9 Å². The SMILES string of the molecule is Fc1ccc(-n2cccn2)c(CN2CCCC(N3CCN(c4ccccc4)CC3)C2)c1. The molecule has 2 aliphatic heterocycles. The highest BCUT2D eigenvalue weighted by Crippen LogP contribution is 2.24. The van der Waals surface area contributed by atoms with Crippen LogP contribution in [0.3, 0.4) is 0 Å². The second-order valence-electron chi connectivity index (χ2n) is 8.61. The zero-order valence-corrected chi connectivity index (χ0v) is 17.9. The third kappa shape index (κ3) is 4.65. The molecule has 3 heterocycles. The van der Waals surface area contributed by atoms with Crippen molar-refractivity contribution in [2.75, 3.05) is 44.2 Å². The van der Waals surface area contributed by atoms with Gasteiger partial charge < -0.3 is 4.90 Å². The molecule has 1 aromatic heterocycles. The molecule has 2 saturated heterocycles. The third-order valence-electron chi connectivity index (χ3n) is 6.62. The summed E-state index contributed by atoms with van der Waals surface area (Å²) in [6.45, 7) is 7.23. The largest absolute Gasteiger partial charge is 0.369 e. The van der Waals surface area contributed by atoms with Crippen molar-refractivity contribution < 1.29 is 4.39 Å². The molecule has 0 spiro atoms. The molecule has 162 valence electrons. The molecule has 0 aliphatic carbocycles. The van der Waals surface area contributed by atoms with Gasteiger partial charge in [-0.15, -0.1) is 0 Å². The van der Waals surface area contributed by atoms with Crippen LogP contribution in [0.5, 0.6) is 0 Å². The molecule has 5 nitrogen and oxygen atoms in total. The lowest BCUT2D eigenvalue weighted by molar-refractivity contribution is 0.0887. The molecule has 1 atom stereocenters. The number of anilines is 1. The first-order valence-electron chi connectivity index (χ1n) is 11.3. The molecule has 0 N–H and O–H groups in total. The van der Waals surface area contributed by atoms with E-state index < -0.39 is 0 Å². The van der Waals surface area contributed by atoms with E-state index in [1.54, 1.807) is 12.3 Å². The summed E-state index contributed by atoms with van der Waals surface area (Å²) >= 11 is 0. The van der Waals surface area contributed by atoms with Gasteiger partial charge in [0.2, 0.25) is 0 Å². The van der Waals surface area contributed by atoms with Crippen molar-refractivity contribution in [2.24, 2.45) is 0 Å². The summed E-state index contributed by atoms with van der Waals surface area (Å²) in [6, 6.07) is 18.2. The molecule has 0 saturated carbocycles. The van der Waals surface area contributed by atoms with Gasteiger partial charge in [0.1, 0.15) is 5.82 Å². The molecule has 2 aromatic carbocycles. The van der Waals surface area contributed by atoms with Crippen molar-refractivity contribution in [3.05, 3.63) is 78.4 Å². The molecule has 31 heavy (non-hydrogen) atoms. The van der Waals surface area contributed by atoms with Gasteiger partial charge in [-0.05, 0) is 61.3 Å². The highest BCUT2D eigenvalue weighted by atomic mass is 19.1. The second-order valence-corrected chi connectivity index (χ2v) is 8.61. The number of hydrogen-bond acceptors (Lipinski definition) is 4. The zero-order valence-electron chi connectivity index (χ0n) is 17.9. The number of aromatic nitrogens is 2. The van der Waals surface area contributed by atoms with Gasteiger partial charge in [-0.25, -0.2) is 9.07 Å². The molecular formula is C25H30FN5. The minimum atomic E-state index is -0.184. The van der Waals surface area contributed by atoms with Crippen LogP contribution < -0.4 is 4.90 Å². The Morgan fingerprint density at radius 1 is 0.935 bits per heavy atom. The van der Waals surface area contributed by atoms with E-state index in [0.717, 1.165) is 57.1 Å². The summed E-state index contributed by atoms with van der Waals surface area (Å²) in [5.74, 6) is -0.184. The average molecular weight is 420 g/mol. The molecule has 3 aromatic rings. The van der Waals surface area contributed by atoms with Gasteiger partial charge in [0, 0.05) is 63.4 Å². The Kier molecular flexibility index (Phi) is 6.00. The van der Waals surface area contributed by atoms with Gasteiger partial charge >= 0.3 is 0 Å². The normalized spacial score (nSPS) is 20.8. The third-order valence-corrected chi connectivity index (χ3v) is 6.62. The number of hydrogen-bond donors (Lipinski definition) is 0.